The zero-order valence-corrected chi connectivity index (χ0v) is 11.0. The number of aromatic nitrogens is 3. The van der Waals surface area contributed by atoms with Gasteiger partial charge in [-0.25, -0.2) is 9.97 Å². The van der Waals surface area contributed by atoms with Gasteiger partial charge in [0.2, 0.25) is 0 Å². The molecule has 0 radical (unpaired) electrons. The Kier molecular flexibility index (Phi) is 2.53. The lowest BCUT2D eigenvalue weighted by atomic mass is 10.3. The molecule has 3 aromatic rings. The summed E-state index contributed by atoms with van der Waals surface area (Å²) in [5.74, 6) is 1.04. The summed E-state index contributed by atoms with van der Waals surface area (Å²) in [5.41, 5.74) is 7.48. The minimum absolute atomic E-state index is 0.492. The van der Waals surface area contributed by atoms with Crippen LogP contribution in [0, 0.1) is 0 Å². The Morgan fingerprint density at radius 3 is 2.88 bits per heavy atom. The summed E-state index contributed by atoms with van der Waals surface area (Å²) in [4.78, 5) is 13.0. The van der Waals surface area contributed by atoms with E-state index >= 15 is 0 Å². The van der Waals surface area contributed by atoms with Crippen LogP contribution in [0.25, 0.3) is 21.7 Å². The number of nitrogen functional groups attached to an aromatic ring is 1. The van der Waals surface area contributed by atoms with Crippen molar-refractivity contribution in [1.82, 2.24) is 15.0 Å². The van der Waals surface area contributed by atoms with Crippen molar-refractivity contribution in [2.24, 2.45) is 0 Å². The van der Waals surface area contributed by atoms with E-state index < -0.39 is 0 Å². The van der Waals surface area contributed by atoms with Crippen LogP contribution in [0.1, 0.15) is 0 Å². The van der Waals surface area contributed by atoms with E-state index in [4.69, 9.17) is 5.73 Å². The third-order valence-corrected chi connectivity index (χ3v) is 4.19. The van der Waals surface area contributed by atoms with Gasteiger partial charge in [0.15, 0.2) is 5.82 Å². The molecule has 0 bridgehead atoms. The first-order valence-electron chi connectivity index (χ1n) is 4.87. The highest BCUT2D eigenvalue weighted by Gasteiger charge is 2.11. The van der Waals surface area contributed by atoms with Gasteiger partial charge in [0.1, 0.15) is 17.0 Å². The number of rotatable bonds is 1. The molecule has 0 saturated heterocycles. The van der Waals surface area contributed by atoms with Gasteiger partial charge in [-0.05, 0) is 28.1 Å². The van der Waals surface area contributed by atoms with Crippen molar-refractivity contribution in [3.8, 4) is 11.5 Å². The molecule has 2 N–H and O–H groups in total. The molecule has 0 amide bonds. The SMILES string of the molecule is Nc1nc(-c2ccccn2)nc2c(Br)csc12. The molecule has 0 aromatic carbocycles. The third kappa shape index (κ3) is 1.79. The maximum atomic E-state index is 5.92. The van der Waals surface area contributed by atoms with Crippen molar-refractivity contribution in [3.05, 3.63) is 34.2 Å². The van der Waals surface area contributed by atoms with Crippen LogP contribution in [0.2, 0.25) is 0 Å². The van der Waals surface area contributed by atoms with Crippen molar-refractivity contribution in [2.75, 3.05) is 5.73 Å². The van der Waals surface area contributed by atoms with Crippen molar-refractivity contribution < 1.29 is 0 Å². The predicted octanol–water partition coefficient (Wildman–Crippen LogP) is 3.10. The second kappa shape index (κ2) is 4.05. The van der Waals surface area contributed by atoms with Crippen molar-refractivity contribution in [3.63, 3.8) is 0 Å². The Morgan fingerprint density at radius 2 is 2.12 bits per heavy atom. The molecule has 3 rings (SSSR count). The molecule has 3 aromatic heterocycles. The number of anilines is 1. The standard InChI is InChI=1S/C11H7BrN4S/c12-6-5-17-9-8(6)15-11(16-10(9)13)7-3-1-2-4-14-7/h1-5H,(H2,13,15,16). The second-order valence-electron chi connectivity index (χ2n) is 3.41. The first-order chi connectivity index (χ1) is 8.25. The molecule has 0 unspecified atom stereocenters. The average molecular weight is 307 g/mol. The van der Waals surface area contributed by atoms with Crippen LogP contribution in [-0.2, 0) is 0 Å². The monoisotopic (exact) mass is 306 g/mol. The highest BCUT2D eigenvalue weighted by Crippen LogP contribution is 2.33. The summed E-state index contributed by atoms with van der Waals surface area (Å²) in [6, 6.07) is 5.61. The van der Waals surface area contributed by atoms with E-state index in [0.717, 1.165) is 20.4 Å². The van der Waals surface area contributed by atoms with E-state index in [2.05, 4.69) is 30.9 Å². The summed E-state index contributed by atoms with van der Waals surface area (Å²) in [7, 11) is 0. The van der Waals surface area contributed by atoms with Gasteiger partial charge in [0, 0.05) is 11.6 Å². The molecular weight excluding hydrogens is 300 g/mol. The number of thiophene rings is 1. The summed E-state index contributed by atoms with van der Waals surface area (Å²) in [6.07, 6.45) is 1.71. The van der Waals surface area contributed by atoms with Gasteiger partial charge in [-0.3, -0.25) is 4.98 Å². The van der Waals surface area contributed by atoms with Gasteiger partial charge in [-0.1, -0.05) is 6.07 Å². The average Bonchev–Trinajstić information content (AvgIpc) is 2.73. The van der Waals surface area contributed by atoms with E-state index in [1.807, 2.05) is 23.6 Å². The van der Waals surface area contributed by atoms with Crippen LogP contribution in [0.5, 0.6) is 0 Å². The molecule has 0 atom stereocenters. The lowest BCUT2D eigenvalue weighted by Crippen LogP contribution is -1.97. The van der Waals surface area contributed by atoms with Crippen LogP contribution in [0.3, 0.4) is 0 Å². The fraction of sp³-hybridized carbons (Fsp3) is 0. The molecule has 6 heteroatoms. The van der Waals surface area contributed by atoms with Gasteiger partial charge < -0.3 is 5.73 Å². The van der Waals surface area contributed by atoms with Gasteiger partial charge in [-0.2, -0.15) is 0 Å². The zero-order chi connectivity index (χ0) is 11.8. The fourth-order valence-electron chi connectivity index (χ4n) is 1.52. The highest BCUT2D eigenvalue weighted by atomic mass is 79.9. The molecule has 84 valence electrons. The molecular formula is C11H7BrN4S. The van der Waals surface area contributed by atoms with E-state index in [1.165, 1.54) is 11.3 Å². The highest BCUT2D eigenvalue weighted by molar-refractivity contribution is 9.10. The topological polar surface area (TPSA) is 64.7 Å². The molecule has 0 saturated carbocycles. The first kappa shape index (κ1) is 10.6. The van der Waals surface area contributed by atoms with E-state index in [9.17, 15) is 0 Å². The van der Waals surface area contributed by atoms with Gasteiger partial charge in [0.05, 0.1) is 9.17 Å². The molecule has 0 aliphatic carbocycles. The first-order valence-corrected chi connectivity index (χ1v) is 6.54. The Bertz CT molecular complexity index is 681. The molecule has 4 nitrogen and oxygen atoms in total. The van der Waals surface area contributed by atoms with Crippen LogP contribution in [0.15, 0.2) is 34.2 Å². The van der Waals surface area contributed by atoms with E-state index in [-0.39, 0.29) is 0 Å². The van der Waals surface area contributed by atoms with Gasteiger partial charge in [-0.15, -0.1) is 11.3 Å². The van der Waals surface area contributed by atoms with Gasteiger partial charge >= 0.3 is 0 Å². The largest absolute Gasteiger partial charge is 0.382 e. The number of nitrogens with zero attached hydrogens (tertiary/aromatic N) is 3. The lowest BCUT2D eigenvalue weighted by Gasteiger charge is -2.01. The molecule has 3 heterocycles. The smallest absolute Gasteiger partial charge is 0.180 e. The predicted molar refractivity (Wildman–Crippen MR) is 72.8 cm³/mol. The number of nitrogens with two attached hydrogens (primary N) is 1. The number of hydrogen-bond acceptors (Lipinski definition) is 5. The van der Waals surface area contributed by atoms with Crippen molar-refractivity contribution in [2.45, 2.75) is 0 Å². The molecule has 0 fully saturated rings. The van der Waals surface area contributed by atoms with Crippen LogP contribution < -0.4 is 5.73 Å². The van der Waals surface area contributed by atoms with Crippen LogP contribution in [0.4, 0.5) is 5.82 Å². The Balaban J connectivity index is 2.28. The summed E-state index contributed by atoms with van der Waals surface area (Å²) in [5, 5.41) is 1.96. The number of pyridine rings is 1. The van der Waals surface area contributed by atoms with E-state index in [1.54, 1.807) is 6.20 Å². The Labute approximate surface area is 110 Å². The number of hydrogen-bond donors (Lipinski definition) is 1. The summed E-state index contributed by atoms with van der Waals surface area (Å²) < 4.78 is 1.83. The van der Waals surface area contributed by atoms with Crippen LogP contribution in [-0.4, -0.2) is 15.0 Å². The molecule has 17 heavy (non-hydrogen) atoms. The van der Waals surface area contributed by atoms with E-state index in [0.29, 0.717) is 11.6 Å². The lowest BCUT2D eigenvalue weighted by molar-refractivity contribution is 1.18. The summed E-state index contributed by atoms with van der Waals surface area (Å²) in [6.45, 7) is 0. The Morgan fingerprint density at radius 1 is 1.24 bits per heavy atom. The van der Waals surface area contributed by atoms with Crippen molar-refractivity contribution in [1.29, 1.82) is 0 Å². The second-order valence-corrected chi connectivity index (χ2v) is 5.14. The Hall–Kier alpha value is -1.53. The third-order valence-electron chi connectivity index (χ3n) is 2.29. The van der Waals surface area contributed by atoms with Crippen molar-refractivity contribution >= 4 is 43.3 Å². The maximum absolute atomic E-state index is 5.92. The zero-order valence-electron chi connectivity index (χ0n) is 8.59. The molecule has 0 aliphatic rings. The minimum atomic E-state index is 0.492. The quantitative estimate of drug-likeness (QED) is 0.750. The molecule has 0 aliphatic heterocycles. The molecule has 0 spiro atoms. The van der Waals surface area contributed by atoms with Crippen LogP contribution >= 0.6 is 27.3 Å². The minimum Gasteiger partial charge on any atom is -0.382 e. The normalized spacial score (nSPS) is 10.9. The number of fused-ring (bicyclic) bond motifs is 1. The number of halogens is 1. The summed E-state index contributed by atoms with van der Waals surface area (Å²) >= 11 is 4.98. The fourth-order valence-corrected chi connectivity index (χ4v) is 2.99. The van der Waals surface area contributed by atoms with Gasteiger partial charge in [0.25, 0.3) is 0 Å². The maximum Gasteiger partial charge on any atom is 0.180 e.